The van der Waals surface area contributed by atoms with E-state index in [1.807, 2.05) is 12.1 Å². The Morgan fingerprint density at radius 3 is 2.04 bits per heavy atom. The molecule has 4 aromatic heterocycles. The van der Waals surface area contributed by atoms with Crippen LogP contribution in [0.3, 0.4) is 0 Å². The molecule has 0 aliphatic carbocycles. The number of nitrogen functional groups attached to an aromatic ring is 2. The maximum absolute atomic E-state index is 11.3. The first-order chi connectivity index (χ1) is 23.2. The molecule has 0 spiro atoms. The van der Waals surface area contributed by atoms with Gasteiger partial charge in [0.2, 0.25) is 5.79 Å². The molecule has 0 bridgehead atoms. The Morgan fingerprint density at radius 2 is 1.39 bits per heavy atom. The van der Waals surface area contributed by atoms with E-state index < -0.39 is 41.8 Å². The molecule has 19 heteroatoms. The number of esters is 1. The van der Waals surface area contributed by atoms with Gasteiger partial charge in [-0.2, -0.15) is 10.2 Å². The molecule has 0 amide bonds. The predicted molar refractivity (Wildman–Crippen MR) is 173 cm³/mol. The number of aromatic nitrogens is 6. The van der Waals surface area contributed by atoms with Gasteiger partial charge in [0.25, 0.3) is 0 Å². The highest BCUT2D eigenvalue weighted by molar-refractivity contribution is 9.10. The van der Waals surface area contributed by atoms with Gasteiger partial charge in [-0.25, -0.2) is 23.8 Å². The maximum Gasteiger partial charge on any atom is 0.338 e. The number of aliphatic hydroxyl groups is 1. The van der Waals surface area contributed by atoms with E-state index >= 15 is 0 Å². The van der Waals surface area contributed by atoms with Crippen molar-refractivity contribution in [2.24, 2.45) is 0 Å². The van der Waals surface area contributed by atoms with E-state index in [1.165, 1.54) is 17.2 Å². The van der Waals surface area contributed by atoms with Gasteiger partial charge in [-0.1, -0.05) is 0 Å². The van der Waals surface area contributed by atoms with E-state index in [4.69, 9.17) is 49.4 Å². The highest BCUT2D eigenvalue weighted by Crippen LogP contribution is 2.48. The molecular weight excluding hydrogens is 712 g/mol. The van der Waals surface area contributed by atoms with Crippen molar-refractivity contribution >= 4 is 44.6 Å². The van der Waals surface area contributed by atoms with E-state index in [1.54, 1.807) is 58.6 Å². The minimum Gasteiger partial charge on any atom is -0.455 e. The lowest BCUT2D eigenvalue weighted by atomic mass is 10.0. The third kappa shape index (κ3) is 6.69. The fourth-order valence-electron chi connectivity index (χ4n) is 6.19. The molecule has 0 radical (unpaired) electrons. The zero-order valence-corrected chi connectivity index (χ0v) is 29.3. The molecule has 8 heterocycles. The number of hydrogen-bond acceptors (Lipinski definition) is 16. The number of cyclic esters (lactones) is 1. The Bertz CT molecular complexity index is 1820. The highest BCUT2D eigenvalue weighted by atomic mass is 79.9. The van der Waals surface area contributed by atoms with Crippen LogP contribution < -0.4 is 11.5 Å². The average Bonchev–Trinajstić information content (AvgIpc) is 3.87. The van der Waals surface area contributed by atoms with Gasteiger partial charge >= 0.3 is 5.97 Å². The van der Waals surface area contributed by atoms with Crippen molar-refractivity contribution in [3.63, 3.8) is 0 Å². The lowest BCUT2D eigenvalue weighted by Gasteiger charge is -2.29. The van der Waals surface area contributed by atoms with Crippen LogP contribution >= 0.6 is 15.9 Å². The zero-order chi connectivity index (χ0) is 35.3. The SMILES string of the molecule is COC[C@H]1OC(=O)[C@@H]2OC(C)(C)O[C@H]12.COC[C@H]1OC(O)(c2ccc3c(N)ncnn23)[C@@H]2OC(C)(C)O[C@@H]21.Nc1ncnn2c(Br)ccc12. The second kappa shape index (κ2) is 13.3. The lowest BCUT2D eigenvalue weighted by molar-refractivity contribution is -0.286. The summed E-state index contributed by atoms with van der Waals surface area (Å²) in [7, 11) is 3.12. The van der Waals surface area contributed by atoms with Crippen LogP contribution in [0.5, 0.6) is 0 Å². The van der Waals surface area contributed by atoms with Crippen molar-refractivity contribution < 1.29 is 47.8 Å². The summed E-state index contributed by atoms with van der Waals surface area (Å²) in [5.41, 5.74) is 13.2. The van der Waals surface area contributed by atoms with Crippen LogP contribution in [0.1, 0.15) is 33.4 Å². The fourth-order valence-corrected chi connectivity index (χ4v) is 6.61. The van der Waals surface area contributed by atoms with Crippen LogP contribution in [0.15, 0.2) is 41.5 Å². The molecule has 1 unspecified atom stereocenters. The molecule has 4 aliphatic rings. The number of nitrogens with two attached hydrogens (primary N) is 2. The Labute approximate surface area is 289 Å². The minimum atomic E-state index is -1.74. The van der Waals surface area contributed by atoms with E-state index in [0.29, 0.717) is 29.5 Å². The quantitative estimate of drug-likeness (QED) is 0.244. The molecule has 49 heavy (non-hydrogen) atoms. The predicted octanol–water partition coefficient (Wildman–Crippen LogP) is 1.17. The summed E-state index contributed by atoms with van der Waals surface area (Å²) in [5, 5.41) is 19.5. The number of methoxy groups -OCH3 is 2. The van der Waals surface area contributed by atoms with E-state index in [2.05, 4.69) is 36.1 Å². The molecule has 0 aromatic carbocycles. The highest BCUT2D eigenvalue weighted by Gasteiger charge is 2.64. The van der Waals surface area contributed by atoms with Gasteiger partial charge in [0.05, 0.1) is 13.2 Å². The summed E-state index contributed by atoms with van der Waals surface area (Å²) in [6.45, 7) is 7.76. The van der Waals surface area contributed by atoms with Gasteiger partial charge < -0.3 is 54.5 Å². The second-order valence-corrected chi connectivity index (χ2v) is 13.4. The molecule has 0 saturated carbocycles. The third-order valence-electron chi connectivity index (χ3n) is 8.15. The van der Waals surface area contributed by atoms with Gasteiger partial charge in [-0.15, -0.1) is 0 Å². The first-order valence-electron chi connectivity index (χ1n) is 15.3. The van der Waals surface area contributed by atoms with Gasteiger partial charge in [0.15, 0.2) is 35.4 Å². The number of nitrogens with zero attached hydrogens (tertiary/aromatic N) is 6. The standard InChI is InChI=1S/C15H20N4O5.C9H14O5.C6H5BrN4/c1-14(2)23-11-9(6-21-3)22-15(20,12(11)24-14)10-5-4-8-13(16)17-7-18-19(8)10;1-9(2)13-6-5(4-11-3)12-8(10)7(6)14-9;7-5-2-1-4-6(8)9-3-10-11(4)5/h4-5,7,9,11-12,20H,6H2,1-3H3,(H2,16,17,18);5-7H,4H2,1-3H3;1-3H,(H2,8,9,10)/t9-,11-,12-,15?;5-,6-,7-;/m11./s1. The van der Waals surface area contributed by atoms with Gasteiger partial charge in [0.1, 0.15) is 58.4 Å². The van der Waals surface area contributed by atoms with E-state index in [0.717, 1.165) is 10.1 Å². The molecule has 8 rings (SSSR count). The number of hydrogen-bond donors (Lipinski definition) is 3. The molecular formula is C30H39BrN8O10. The number of rotatable bonds is 5. The number of carbonyl (C=O) groups excluding carboxylic acids is 1. The van der Waals surface area contributed by atoms with Crippen molar-refractivity contribution in [1.29, 1.82) is 0 Å². The van der Waals surface area contributed by atoms with Gasteiger partial charge in [-0.3, -0.25) is 0 Å². The van der Waals surface area contributed by atoms with Crippen LogP contribution in [-0.2, 0) is 48.5 Å². The third-order valence-corrected chi connectivity index (χ3v) is 8.75. The van der Waals surface area contributed by atoms with Gasteiger partial charge in [0, 0.05) is 14.2 Å². The Hall–Kier alpha value is -3.53. The summed E-state index contributed by atoms with van der Waals surface area (Å²) in [6, 6.07) is 7.16. The molecule has 266 valence electrons. The van der Waals surface area contributed by atoms with E-state index in [9.17, 15) is 9.90 Å². The molecule has 4 saturated heterocycles. The topological polar surface area (TPSA) is 224 Å². The molecule has 5 N–H and O–H groups in total. The molecule has 18 nitrogen and oxygen atoms in total. The van der Waals surface area contributed by atoms with Crippen molar-refractivity contribution in [1.82, 2.24) is 29.2 Å². The van der Waals surface area contributed by atoms with Crippen molar-refractivity contribution in [2.45, 2.75) is 81.7 Å². The van der Waals surface area contributed by atoms with Crippen molar-refractivity contribution in [3.05, 3.63) is 47.2 Å². The summed E-state index contributed by atoms with van der Waals surface area (Å²) in [6.07, 6.45) is -0.188. The lowest BCUT2D eigenvalue weighted by Crippen LogP contribution is -2.41. The van der Waals surface area contributed by atoms with E-state index in [-0.39, 0.29) is 24.8 Å². The Balaban J connectivity index is 0.000000141. The fraction of sp³-hybridized carbons (Fsp3) is 0.567. The van der Waals surface area contributed by atoms with Crippen LogP contribution in [0.4, 0.5) is 11.6 Å². The maximum atomic E-state index is 11.3. The first kappa shape index (κ1) is 35.3. The smallest absolute Gasteiger partial charge is 0.338 e. The van der Waals surface area contributed by atoms with Crippen molar-refractivity contribution in [3.8, 4) is 0 Å². The van der Waals surface area contributed by atoms with Gasteiger partial charge in [-0.05, 0) is 67.9 Å². The summed E-state index contributed by atoms with van der Waals surface area (Å²) >= 11 is 3.32. The second-order valence-electron chi connectivity index (χ2n) is 12.5. The van der Waals surface area contributed by atoms with Crippen LogP contribution in [0.25, 0.3) is 11.0 Å². The van der Waals surface area contributed by atoms with Crippen LogP contribution in [-0.4, -0.2) is 116 Å². The summed E-state index contributed by atoms with van der Waals surface area (Å²) in [4.78, 5) is 19.1. The summed E-state index contributed by atoms with van der Waals surface area (Å²) < 4.78 is 48.0. The number of anilines is 2. The number of fused-ring (bicyclic) bond motifs is 4. The largest absolute Gasteiger partial charge is 0.455 e. The van der Waals surface area contributed by atoms with Crippen molar-refractivity contribution in [2.75, 3.05) is 38.9 Å². The molecule has 4 aromatic rings. The molecule has 4 fully saturated rings. The summed E-state index contributed by atoms with van der Waals surface area (Å²) in [5.74, 6) is -2.84. The number of carbonyl (C=O) groups is 1. The number of ether oxygens (including phenoxy) is 8. The molecule has 7 atom stereocenters. The monoisotopic (exact) mass is 750 g/mol. The minimum absolute atomic E-state index is 0.267. The number of halogens is 1. The zero-order valence-electron chi connectivity index (χ0n) is 27.7. The van der Waals surface area contributed by atoms with Crippen LogP contribution in [0, 0.1) is 0 Å². The molecule has 4 aliphatic heterocycles. The Morgan fingerprint density at radius 1 is 0.816 bits per heavy atom. The Kier molecular flexibility index (Phi) is 9.59. The first-order valence-corrected chi connectivity index (χ1v) is 16.1. The normalized spacial score (nSPS) is 30.7. The van der Waals surface area contributed by atoms with Crippen LogP contribution in [0.2, 0.25) is 0 Å². The average molecular weight is 752 g/mol.